The fourth-order valence-corrected chi connectivity index (χ4v) is 2.78. The first-order valence-corrected chi connectivity index (χ1v) is 9.66. The first-order chi connectivity index (χ1) is 13.2. The first kappa shape index (κ1) is 21.3. The molecule has 27 heavy (non-hydrogen) atoms. The highest BCUT2D eigenvalue weighted by molar-refractivity contribution is 5.79. The molecule has 0 spiro atoms. The van der Waals surface area contributed by atoms with Gasteiger partial charge in [-0.3, -0.25) is 4.99 Å². The van der Waals surface area contributed by atoms with Gasteiger partial charge in [-0.1, -0.05) is 6.07 Å². The van der Waals surface area contributed by atoms with Crippen LogP contribution in [0.15, 0.2) is 29.3 Å². The Morgan fingerprint density at radius 2 is 2.19 bits per heavy atom. The van der Waals surface area contributed by atoms with Crippen molar-refractivity contribution in [2.24, 2.45) is 4.99 Å². The number of aliphatic imine (C=N–C) groups is 1. The summed E-state index contributed by atoms with van der Waals surface area (Å²) in [7, 11) is 3.41. The molecule has 0 aromatic heterocycles. The number of nitrogens with one attached hydrogen (secondary N) is 2. The Kier molecular flexibility index (Phi) is 9.79. The van der Waals surface area contributed by atoms with Gasteiger partial charge in [-0.15, -0.1) is 0 Å². The van der Waals surface area contributed by atoms with Gasteiger partial charge in [0, 0.05) is 32.9 Å². The van der Waals surface area contributed by atoms with Gasteiger partial charge in [-0.25, -0.2) is 0 Å². The molecule has 1 aromatic carbocycles. The number of hydrogen-bond donors (Lipinski definition) is 2. The lowest BCUT2D eigenvalue weighted by atomic mass is 10.2. The average molecular weight is 380 g/mol. The molecule has 0 amide bonds. The second-order valence-corrected chi connectivity index (χ2v) is 6.55. The van der Waals surface area contributed by atoms with Crippen molar-refractivity contribution in [1.82, 2.24) is 10.6 Å². The van der Waals surface area contributed by atoms with Gasteiger partial charge in [0.2, 0.25) is 0 Å². The van der Waals surface area contributed by atoms with Crippen LogP contribution >= 0.6 is 0 Å². The molecule has 7 nitrogen and oxygen atoms in total. The van der Waals surface area contributed by atoms with E-state index in [0.717, 1.165) is 56.5 Å². The average Bonchev–Trinajstić information content (AvgIpc) is 3.20. The smallest absolute Gasteiger partial charge is 0.191 e. The Bertz CT molecular complexity index is 562. The topological polar surface area (TPSA) is 73.3 Å². The van der Waals surface area contributed by atoms with Gasteiger partial charge >= 0.3 is 0 Å². The third kappa shape index (κ3) is 8.49. The monoisotopic (exact) mass is 379 g/mol. The number of guanidine groups is 1. The minimum absolute atomic E-state index is 0.00889. The molecule has 2 N–H and O–H groups in total. The highest BCUT2D eigenvalue weighted by atomic mass is 16.5. The van der Waals surface area contributed by atoms with E-state index in [2.05, 4.69) is 15.6 Å². The van der Waals surface area contributed by atoms with E-state index >= 15 is 0 Å². The summed E-state index contributed by atoms with van der Waals surface area (Å²) in [6.45, 7) is 5.75. The number of hydrogen-bond acceptors (Lipinski definition) is 5. The van der Waals surface area contributed by atoms with Crippen molar-refractivity contribution < 1.29 is 18.9 Å². The van der Waals surface area contributed by atoms with E-state index in [9.17, 15) is 0 Å². The largest absolute Gasteiger partial charge is 0.497 e. The Balaban J connectivity index is 1.56. The molecule has 2 unspecified atom stereocenters. The summed E-state index contributed by atoms with van der Waals surface area (Å²) in [6.07, 6.45) is 3.47. The van der Waals surface area contributed by atoms with Crippen LogP contribution in [0.3, 0.4) is 0 Å². The van der Waals surface area contributed by atoms with Crippen molar-refractivity contribution in [3.05, 3.63) is 24.3 Å². The van der Waals surface area contributed by atoms with Crippen molar-refractivity contribution >= 4 is 5.96 Å². The molecule has 1 aliphatic heterocycles. The van der Waals surface area contributed by atoms with Gasteiger partial charge in [-0.2, -0.15) is 0 Å². The van der Waals surface area contributed by atoms with Crippen LogP contribution in [0, 0.1) is 0 Å². The summed E-state index contributed by atoms with van der Waals surface area (Å²) in [6, 6.07) is 7.60. The van der Waals surface area contributed by atoms with E-state index in [0.29, 0.717) is 19.3 Å². The molecule has 1 aromatic rings. The molecule has 1 saturated heterocycles. The normalized spacial score (nSPS) is 18.2. The number of methoxy groups -OCH3 is 1. The number of ether oxygens (including phenoxy) is 4. The van der Waals surface area contributed by atoms with E-state index in [1.807, 2.05) is 31.2 Å². The van der Waals surface area contributed by atoms with Crippen LogP contribution < -0.4 is 20.1 Å². The van der Waals surface area contributed by atoms with Gasteiger partial charge in [-0.05, 0) is 38.3 Å². The van der Waals surface area contributed by atoms with Gasteiger partial charge in [0.05, 0.1) is 26.4 Å². The minimum Gasteiger partial charge on any atom is -0.497 e. The summed E-state index contributed by atoms with van der Waals surface area (Å²) in [4.78, 5) is 4.23. The predicted octanol–water partition coefficient (Wildman–Crippen LogP) is 2.21. The molecule has 0 bridgehead atoms. The highest BCUT2D eigenvalue weighted by Gasteiger charge is 2.14. The zero-order chi connectivity index (χ0) is 19.3. The summed E-state index contributed by atoms with van der Waals surface area (Å²) in [5.74, 6) is 2.33. The van der Waals surface area contributed by atoms with E-state index < -0.39 is 0 Å². The van der Waals surface area contributed by atoms with Crippen LogP contribution in [0.25, 0.3) is 0 Å². The maximum absolute atomic E-state index is 5.90. The maximum Gasteiger partial charge on any atom is 0.191 e. The molecular formula is C20H33N3O4. The van der Waals surface area contributed by atoms with E-state index in [1.54, 1.807) is 14.2 Å². The van der Waals surface area contributed by atoms with E-state index in [4.69, 9.17) is 18.9 Å². The van der Waals surface area contributed by atoms with Gasteiger partial charge in [0.25, 0.3) is 0 Å². The highest BCUT2D eigenvalue weighted by Crippen LogP contribution is 2.19. The molecule has 0 radical (unpaired) electrons. The fraction of sp³-hybridized carbons (Fsp3) is 0.650. The maximum atomic E-state index is 5.90. The van der Waals surface area contributed by atoms with Crippen molar-refractivity contribution in [2.75, 3.05) is 47.1 Å². The zero-order valence-corrected chi connectivity index (χ0v) is 16.7. The SMILES string of the molecule is CN=C(NCCCOCC1CCCO1)NCC(C)Oc1cccc(OC)c1. The van der Waals surface area contributed by atoms with Crippen molar-refractivity contribution in [3.8, 4) is 11.5 Å². The summed E-state index contributed by atoms with van der Waals surface area (Å²) < 4.78 is 22.3. The first-order valence-electron chi connectivity index (χ1n) is 9.66. The standard InChI is InChI=1S/C20H33N3O4/c1-16(27-18-8-4-7-17(13-18)24-3)14-23-20(21-2)22-10-6-11-25-15-19-9-5-12-26-19/h4,7-8,13,16,19H,5-6,9-12,14-15H2,1-3H3,(H2,21,22,23). The Morgan fingerprint density at radius 1 is 1.33 bits per heavy atom. The van der Waals surface area contributed by atoms with Gasteiger partial charge < -0.3 is 29.6 Å². The third-order valence-corrected chi connectivity index (χ3v) is 4.24. The van der Waals surface area contributed by atoms with Crippen molar-refractivity contribution in [1.29, 1.82) is 0 Å². The van der Waals surface area contributed by atoms with E-state index in [1.165, 1.54) is 0 Å². The molecule has 0 aliphatic carbocycles. The summed E-state index contributed by atoms with van der Waals surface area (Å²) >= 11 is 0. The van der Waals surface area contributed by atoms with Crippen molar-refractivity contribution in [3.63, 3.8) is 0 Å². The lowest BCUT2D eigenvalue weighted by Gasteiger charge is -2.18. The number of nitrogens with zero attached hydrogens (tertiary/aromatic N) is 1. The molecule has 1 heterocycles. The van der Waals surface area contributed by atoms with Crippen LogP contribution in [0.5, 0.6) is 11.5 Å². The molecule has 1 aliphatic rings. The Labute approximate surface area is 162 Å². The Morgan fingerprint density at radius 3 is 2.93 bits per heavy atom. The quantitative estimate of drug-likeness (QED) is 0.349. The van der Waals surface area contributed by atoms with Crippen LogP contribution in [0.2, 0.25) is 0 Å². The summed E-state index contributed by atoms with van der Waals surface area (Å²) in [5.41, 5.74) is 0. The van der Waals surface area contributed by atoms with Crippen molar-refractivity contribution in [2.45, 2.75) is 38.4 Å². The second kappa shape index (κ2) is 12.4. The second-order valence-electron chi connectivity index (χ2n) is 6.55. The van der Waals surface area contributed by atoms with Crippen LogP contribution in [-0.2, 0) is 9.47 Å². The lowest BCUT2D eigenvalue weighted by Crippen LogP contribution is -2.42. The number of benzene rings is 1. The van der Waals surface area contributed by atoms with Gasteiger partial charge in [0.1, 0.15) is 17.6 Å². The molecular weight excluding hydrogens is 346 g/mol. The van der Waals surface area contributed by atoms with Crippen LogP contribution in [-0.4, -0.2) is 65.2 Å². The van der Waals surface area contributed by atoms with Gasteiger partial charge in [0.15, 0.2) is 5.96 Å². The zero-order valence-electron chi connectivity index (χ0n) is 16.7. The molecule has 152 valence electrons. The molecule has 7 heteroatoms. The predicted molar refractivity (Wildman–Crippen MR) is 107 cm³/mol. The Hall–Kier alpha value is -1.99. The minimum atomic E-state index is -0.00889. The van der Waals surface area contributed by atoms with Crippen LogP contribution in [0.4, 0.5) is 0 Å². The molecule has 2 atom stereocenters. The van der Waals surface area contributed by atoms with Crippen LogP contribution in [0.1, 0.15) is 26.2 Å². The fourth-order valence-electron chi connectivity index (χ4n) is 2.78. The third-order valence-electron chi connectivity index (χ3n) is 4.24. The lowest BCUT2D eigenvalue weighted by molar-refractivity contribution is 0.0168. The summed E-state index contributed by atoms with van der Waals surface area (Å²) in [5, 5.41) is 6.56. The van der Waals surface area contributed by atoms with E-state index in [-0.39, 0.29) is 6.10 Å². The number of rotatable bonds is 11. The molecule has 1 fully saturated rings. The molecule has 2 rings (SSSR count). The molecule has 0 saturated carbocycles.